The third-order valence-electron chi connectivity index (χ3n) is 10.7. The smallest absolute Gasteiger partial charge is 0.399 e. The minimum Gasteiger partial charge on any atom is -0.399 e. The Balaban J connectivity index is 1.29. The van der Waals surface area contributed by atoms with E-state index in [1.165, 1.54) is 63.4 Å². The Hall–Kier alpha value is -4.61. The Morgan fingerprint density at radius 1 is 0.438 bits per heavy atom. The zero-order valence-corrected chi connectivity index (χ0v) is 28.6. The van der Waals surface area contributed by atoms with Crippen LogP contribution in [0.25, 0.3) is 43.8 Å². The lowest BCUT2D eigenvalue weighted by Crippen LogP contribution is -2.41. The van der Waals surface area contributed by atoms with Crippen LogP contribution < -0.4 is 5.46 Å². The zero-order chi connectivity index (χ0) is 32.7. The first-order valence-corrected chi connectivity index (χ1v) is 18.4. The summed E-state index contributed by atoms with van der Waals surface area (Å²) in [7, 11) is -2.29. The maximum absolute atomic E-state index is 6.37. The van der Waals surface area contributed by atoms with Gasteiger partial charge in [0.25, 0.3) is 0 Å². The number of fused-ring (bicyclic) bond motifs is 5. The van der Waals surface area contributed by atoms with Crippen LogP contribution >= 0.6 is 10.0 Å². The fourth-order valence-electron chi connectivity index (χ4n) is 7.58. The van der Waals surface area contributed by atoms with Crippen LogP contribution in [0.3, 0.4) is 0 Å². The lowest BCUT2D eigenvalue weighted by molar-refractivity contribution is 0.00578. The molecule has 2 aliphatic rings. The van der Waals surface area contributed by atoms with E-state index in [-0.39, 0.29) is 18.3 Å². The molecule has 48 heavy (non-hydrogen) atoms. The van der Waals surface area contributed by atoms with Crippen molar-refractivity contribution in [1.29, 1.82) is 0 Å². The van der Waals surface area contributed by atoms with Gasteiger partial charge in [-0.3, -0.25) is 0 Å². The van der Waals surface area contributed by atoms with Gasteiger partial charge >= 0.3 is 7.12 Å². The summed E-state index contributed by atoms with van der Waals surface area (Å²) in [6, 6.07) is 56.5. The average Bonchev–Trinajstić information content (AvgIpc) is 3.53. The summed E-state index contributed by atoms with van der Waals surface area (Å²) in [6.45, 7) is 8.41. The summed E-state index contributed by atoms with van der Waals surface area (Å²) < 4.78 is 12.7. The summed E-state index contributed by atoms with van der Waals surface area (Å²) in [5, 5.41) is 5.15. The molecule has 0 aliphatic carbocycles. The maximum Gasteiger partial charge on any atom is 0.494 e. The fourth-order valence-corrected chi connectivity index (χ4v) is 12.2. The maximum atomic E-state index is 6.37. The van der Waals surface area contributed by atoms with E-state index in [0.717, 1.165) is 5.46 Å². The van der Waals surface area contributed by atoms with Gasteiger partial charge in [0.05, 0.1) is 11.2 Å². The molecule has 0 unspecified atom stereocenters. The van der Waals surface area contributed by atoms with Crippen molar-refractivity contribution in [3.63, 3.8) is 0 Å². The summed E-state index contributed by atoms with van der Waals surface area (Å²) in [4.78, 5) is 5.57. The van der Waals surface area contributed by atoms with Crippen LogP contribution in [0.4, 0.5) is 0 Å². The van der Waals surface area contributed by atoms with E-state index in [9.17, 15) is 0 Å². The summed E-state index contributed by atoms with van der Waals surface area (Å²) in [5.74, 6) is 0. The number of hydrogen-bond donors (Lipinski definition) is 0. The lowest BCUT2D eigenvalue weighted by Gasteiger charge is -2.41. The van der Waals surface area contributed by atoms with Gasteiger partial charge in [-0.05, 0) is 101 Å². The largest absolute Gasteiger partial charge is 0.494 e. The third kappa shape index (κ3) is 4.23. The number of hydrogen-bond acceptors (Lipinski definition) is 2. The normalized spacial score (nSPS) is 17.7. The van der Waals surface area contributed by atoms with Gasteiger partial charge in [-0.25, -0.2) is 0 Å². The van der Waals surface area contributed by atoms with E-state index in [4.69, 9.17) is 9.31 Å². The Bertz CT molecular complexity index is 2270. The van der Waals surface area contributed by atoms with Crippen molar-refractivity contribution in [3.8, 4) is 22.3 Å². The molecule has 2 nitrogen and oxygen atoms in total. The van der Waals surface area contributed by atoms with Crippen molar-refractivity contribution in [2.24, 2.45) is 0 Å². The van der Waals surface area contributed by atoms with Crippen molar-refractivity contribution in [1.82, 2.24) is 0 Å². The highest BCUT2D eigenvalue weighted by Crippen LogP contribution is 2.81. The Kier molecular flexibility index (Phi) is 6.58. The molecule has 0 bridgehead atoms. The predicted octanol–water partition coefficient (Wildman–Crippen LogP) is 11.3. The third-order valence-corrected chi connectivity index (χ3v) is 14.8. The molecule has 0 aromatic heterocycles. The van der Waals surface area contributed by atoms with E-state index >= 15 is 0 Å². The Morgan fingerprint density at radius 3 is 1.54 bits per heavy atom. The van der Waals surface area contributed by atoms with E-state index in [1.54, 1.807) is 0 Å². The molecule has 4 heteroatoms. The second-order valence-corrected chi connectivity index (χ2v) is 17.0. The second kappa shape index (κ2) is 10.7. The molecule has 1 fully saturated rings. The summed E-state index contributed by atoms with van der Waals surface area (Å²) >= 11 is 0. The van der Waals surface area contributed by atoms with Gasteiger partial charge in [-0.15, -0.1) is 10.0 Å². The molecular weight excluding hydrogens is 603 g/mol. The van der Waals surface area contributed by atoms with Crippen molar-refractivity contribution in [2.45, 2.75) is 58.5 Å². The first-order valence-electron chi connectivity index (χ1n) is 16.8. The Morgan fingerprint density at radius 2 is 0.917 bits per heavy atom. The molecule has 234 valence electrons. The quantitative estimate of drug-likeness (QED) is 0.178. The van der Waals surface area contributed by atoms with Crippen LogP contribution in [0, 0.1) is 0 Å². The molecule has 0 saturated carbocycles. The molecule has 0 radical (unpaired) electrons. The fraction of sp³-hybridized carbons (Fsp3) is 0.136. The van der Waals surface area contributed by atoms with Crippen molar-refractivity contribution in [3.05, 3.63) is 152 Å². The molecule has 0 N–H and O–H groups in total. The molecule has 7 aromatic rings. The van der Waals surface area contributed by atoms with E-state index < -0.39 is 10.0 Å². The number of benzene rings is 7. The van der Waals surface area contributed by atoms with Crippen LogP contribution in [0.15, 0.2) is 171 Å². The highest BCUT2D eigenvalue weighted by Gasteiger charge is 2.51. The molecule has 0 atom stereocenters. The van der Waals surface area contributed by atoms with Crippen molar-refractivity contribution in [2.75, 3.05) is 0 Å². The topological polar surface area (TPSA) is 18.5 Å². The van der Waals surface area contributed by atoms with Gasteiger partial charge < -0.3 is 9.31 Å². The molecule has 2 heterocycles. The SMILES string of the molecule is CC1(C)OB(c2ccc(-c3ccc4c(c3)S(c3cccc5ccccc35)(c3cccc5ccccc35)c3ccccc3-4)cc2)OC1(C)C. The summed E-state index contributed by atoms with van der Waals surface area (Å²) in [6.07, 6.45) is 0. The first kappa shape index (κ1) is 29.5. The molecule has 2 aliphatic heterocycles. The van der Waals surface area contributed by atoms with E-state index in [2.05, 4.69) is 179 Å². The predicted molar refractivity (Wildman–Crippen MR) is 202 cm³/mol. The van der Waals surface area contributed by atoms with Gasteiger partial charge in [-0.1, -0.05) is 127 Å². The molecule has 9 rings (SSSR count). The van der Waals surface area contributed by atoms with E-state index in [1.807, 2.05) is 0 Å². The lowest BCUT2D eigenvalue weighted by atomic mass is 9.78. The summed E-state index contributed by atoms with van der Waals surface area (Å²) in [5.41, 5.74) is 5.32. The minimum atomic E-state index is -1.91. The molecule has 0 amide bonds. The van der Waals surface area contributed by atoms with Crippen molar-refractivity contribution < 1.29 is 9.31 Å². The van der Waals surface area contributed by atoms with Gasteiger partial charge in [0.15, 0.2) is 0 Å². The van der Waals surface area contributed by atoms with Gasteiger partial charge in [0.2, 0.25) is 0 Å². The minimum absolute atomic E-state index is 0.374. The Labute approximate surface area is 284 Å². The number of rotatable bonds is 4. The zero-order valence-electron chi connectivity index (χ0n) is 27.7. The van der Waals surface area contributed by atoms with Gasteiger partial charge in [-0.2, -0.15) is 0 Å². The van der Waals surface area contributed by atoms with Crippen LogP contribution in [0.1, 0.15) is 27.7 Å². The van der Waals surface area contributed by atoms with Crippen LogP contribution in [-0.2, 0) is 9.31 Å². The van der Waals surface area contributed by atoms with Crippen LogP contribution in [-0.4, -0.2) is 18.3 Å². The standard InChI is InChI=1S/C44H37BO2S/c1-43(2)44(3,4)47-45(46-43)34-26-23-30(24-27-34)33-25-28-38-37-19-9-10-20-41(37)48(42(38)29-33,39-21-11-15-31-13-5-7-17-35(31)39)40-22-12-16-32-14-6-8-18-36(32)40/h5-29H,1-4H3. The van der Waals surface area contributed by atoms with Crippen LogP contribution in [0.2, 0.25) is 0 Å². The van der Waals surface area contributed by atoms with Gasteiger partial charge in [0.1, 0.15) is 0 Å². The first-order chi connectivity index (χ1) is 23.3. The highest BCUT2D eigenvalue weighted by atomic mass is 32.3. The van der Waals surface area contributed by atoms with Gasteiger partial charge in [0, 0.05) is 19.6 Å². The van der Waals surface area contributed by atoms with E-state index in [0.29, 0.717) is 0 Å². The average molecular weight is 641 g/mol. The molecular formula is C44H37BO2S. The van der Waals surface area contributed by atoms with Crippen molar-refractivity contribution >= 4 is 44.2 Å². The second-order valence-electron chi connectivity index (χ2n) is 14.0. The molecule has 1 saturated heterocycles. The molecule has 7 aromatic carbocycles. The highest BCUT2D eigenvalue weighted by molar-refractivity contribution is 8.34. The van der Waals surface area contributed by atoms with Crippen LogP contribution in [0.5, 0.6) is 0 Å². The molecule has 0 spiro atoms. The monoisotopic (exact) mass is 640 g/mol.